The molecule has 3 rings (SSSR count). The van der Waals surface area contributed by atoms with Gasteiger partial charge in [-0.25, -0.2) is 0 Å². The molecule has 1 saturated heterocycles. The van der Waals surface area contributed by atoms with Crippen molar-refractivity contribution in [1.29, 1.82) is 0 Å². The fourth-order valence-corrected chi connectivity index (χ4v) is 6.93. The molecule has 0 bridgehead atoms. The molecule has 1 saturated carbocycles. The molecule has 3 atom stereocenters. The third-order valence-corrected chi connectivity index (χ3v) is 8.84. The van der Waals surface area contributed by atoms with Crippen LogP contribution in [0.25, 0.3) is 0 Å². The van der Waals surface area contributed by atoms with E-state index in [1.54, 1.807) is 7.11 Å². The molecule has 0 aromatic heterocycles. The zero-order valence-electron chi connectivity index (χ0n) is 22.9. The van der Waals surface area contributed by atoms with E-state index in [2.05, 4.69) is 22.3 Å². The lowest BCUT2D eigenvalue weighted by atomic mass is 9.73. The SMILES string of the molecule is CNC[C@@H](CC(=O)N1CCC[C@@H]([C@](CCCCOC)(OC)c2cccc(Cl)c2)C1)CC1CCCCC1. The van der Waals surface area contributed by atoms with Gasteiger partial charge in [-0.05, 0) is 81.6 Å². The van der Waals surface area contributed by atoms with Gasteiger partial charge in [-0.2, -0.15) is 0 Å². The van der Waals surface area contributed by atoms with Gasteiger partial charge < -0.3 is 19.7 Å². The summed E-state index contributed by atoms with van der Waals surface area (Å²) in [5.41, 5.74) is 0.670. The molecule has 6 heteroatoms. The van der Waals surface area contributed by atoms with Gasteiger partial charge in [0.1, 0.15) is 0 Å². The minimum atomic E-state index is -0.454. The van der Waals surface area contributed by atoms with E-state index >= 15 is 0 Å². The normalized spacial score (nSPS) is 21.8. The van der Waals surface area contributed by atoms with E-state index in [1.807, 2.05) is 26.3 Å². The summed E-state index contributed by atoms with van der Waals surface area (Å²) in [6.07, 6.45) is 13.5. The van der Waals surface area contributed by atoms with E-state index < -0.39 is 5.60 Å². The summed E-state index contributed by atoms with van der Waals surface area (Å²) in [7, 11) is 5.59. The molecule has 1 aliphatic heterocycles. The molecule has 1 N–H and O–H groups in total. The van der Waals surface area contributed by atoms with Gasteiger partial charge >= 0.3 is 0 Å². The van der Waals surface area contributed by atoms with Crippen LogP contribution in [-0.2, 0) is 19.9 Å². The maximum atomic E-state index is 13.6. The summed E-state index contributed by atoms with van der Waals surface area (Å²) in [5, 5.41) is 4.08. The van der Waals surface area contributed by atoms with E-state index in [0.717, 1.165) is 74.8 Å². The number of nitrogens with zero attached hydrogens (tertiary/aromatic N) is 1. The second kappa shape index (κ2) is 15.3. The first-order chi connectivity index (χ1) is 17.5. The Morgan fingerprint density at radius 1 is 1.17 bits per heavy atom. The summed E-state index contributed by atoms with van der Waals surface area (Å²) in [6.45, 7) is 3.27. The Balaban J connectivity index is 1.72. The van der Waals surface area contributed by atoms with Crippen molar-refractivity contribution in [2.24, 2.45) is 17.8 Å². The van der Waals surface area contributed by atoms with Crippen molar-refractivity contribution < 1.29 is 14.3 Å². The van der Waals surface area contributed by atoms with Gasteiger partial charge in [0.25, 0.3) is 0 Å². The number of halogens is 1. The highest BCUT2D eigenvalue weighted by atomic mass is 35.5. The zero-order valence-corrected chi connectivity index (χ0v) is 23.7. The number of rotatable bonds is 14. The highest BCUT2D eigenvalue weighted by molar-refractivity contribution is 6.30. The van der Waals surface area contributed by atoms with Crippen molar-refractivity contribution in [2.75, 3.05) is 47.5 Å². The molecule has 1 aliphatic carbocycles. The largest absolute Gasteiger partial charge is 0.385 e. The van der Waals surface area contributed by atoms with Crippen LogP contribution in [0.1, 0.15) is 82.6 Å². The predicted molar refractivity (Wildman–Crippen MR) is 148 cm³/mol. The van der Waals surface area contributed by atoms with Gasteiger partial charge in [0.15, 0.2) is 0 Å². The number of methoxy groups -OCH3 is 2. The number of hydrogen-bond donors (Lipinski definition) is 1. The molecular formula is C30H49ClN2O3. The van der Waals surface area contributed by atoms with E-state index in [1.165, 1.54) is 38.5 Å². The lowest BCUT2D eigenvalue weighted by Gasteiger charge is -2.45. The first kappa shape index (κ1) is 29.4. The molecule has 0 radical (unpaired) electrons. The molecule has 2 fully saturated rings. The summed E-state index contributed by atoms with van der Waals surface area (Å²) in [4.78, 5) is 15.7. The average Bonchev–Trinajstić information content (AvgIpc) is 2.90. The lowest BCUT2D eigenvalue weighted by Crippen LogP contribution is -2.49. The Labute approximate surface area is 224 Å². The lowest BCUT2D eigenvalue weighted by molar-refractivity contribution is -0.140. The predicted octanol–water partition coefficient (Wildman–Crippen LogP) is 6.43. The van der Waals surface area contributed by atoms with Crippen LogP contribution in [-0.4, -0.2) is 58.3 Å². The number of amides is 1. The summed E-state index contributed by atoms with van der Waals surface area (Å²) in [5.74, 6) is 1.75. The minimum absolute atomic E-state index is 0.238. The number of likely N-dealkylation sites (tertiary alicyclic amines) is 1. The van der Waals surface area contributed by atoms with Crippen molar-refractivity contribution in [3.63, 3.8) is 0 Å². The molecule has 2 aliphatic rings. The number of carbonyl (C=O) groups is 1. The van der Waals surface area contributed by atoms with Crippen molar-refractivity contribution in [3.8, 4) is 0 Å². The van der Waals surface area contributed by atoms with Gasteiger partial charge in [0.2, 0.25) is 5.91 Å². The Morgan fingerprint density at radius 3 is 2.67 bits per heavy atom. The molecule has 5 nitrogen and oxygen atoms in total. The topological polar surface area (TPSA) is 50.8 Å². The maximum Gasteiger partial charge on any atom is 0.222 e. The monoisotopic (exact) mass is 520 g/mol. The zero-order chi connectivity index (χ0) is 25.8. The van der Waals surface area contributed by atoms with Crippen LogP contribution in [0.5, 0.6) is 0 Å². The number of nitrogens with one attached hydrogen (secondary N) is 1. The molecule has 1 heterocycles. The van der Waals surface area contributed by atoms with Crippen LogP contribution in [0.2, 0.25) is 5.02 Å². The second-order valence-electron chi connectivity index (χ2n) is 11.1. The molecule has 0 spiro atoms. The van der Waals surface area contributed by atoms with Crippen LogP contribution in [0, 0.1) is 17.8 Å². The highest BCUT2D eigenvalue weighted by Crippen LogP contribution is 2.43. The van der Waals surface area contributed by atoms with Crippen LogP contribution in [0.15, 0.2) is 24.3 Å². The third kappa shape index (κ3) is 8.18. The van der Waals surface area contributed by atoms with Crippen LogP contribution >= 0.6 is 11.6 Å². The first-order valence-corrected chi connectivity index (χ1v) is 14.6. The van der Waals surface area contributed by atoms with Crippen molar-refractivity contribution in [3.05, 3.63) is 34.9 Å². The number of piperidine rings is 1. The fraction of sp³-hybridized carbons (Fsp3) is 0.767. The average molecular weight is 521 g/mol. The number of ether oxygens (including phenoxy) is 2. The van der Waals surface area contributed by atoms with Gasteiger partial charge in [-0.15, -0.1) is 0 Å². The Hall–Kier alpha value is -1.14. The van der Waals surface area contributed by atoms with Gasteiger partial charge in [0.05, 0.1) is 5.60 Å². The van der Waals surface area contributed by atoms with E-state index in [-0.39, 0.29) is 5.92 Å². The number of unbranched alkanes of at least 4 members (excludes halogenated alkanes) is 1. The van der Waals surface area contributed by atoms with Crippen LogP contribution in [0.4, 0.5) is 0 Å². The quantitative estimate of drug-likeness (QED) is 0.287. The van der Waals surface area contributed by atoms with Gasteiger partial charge in [0, 0.05) is 51.3 Å². The van der Waals surface area contributed by atoms with E-state index in [0.29, 0.717) is 18.2 Å². The summed E-state index contributed by atoms with van der Waals surface area (Å²) < 4.78 is 11.7. The second-order valence-corrected chi connectivity index (χ2v) is 11.5. The summed E-state index contributed by atoms with van der Waals surface area (Å²) in [6, 6.07) is 8.12. The van der Waals surface area contributed by atoms with E-state index in [4.69, 9.17) is 21.1 Å². The smallest absolute Gasteiger partial charge is 0.222 e. The van der Waals surface area contributed by atoms with Crippen molar-refractivity contribution in [1.82, 2.24) is 10.2 Å². The van der Waals surface area contributed by atoms with Crippen molar-refractivity contribution >= 4 is 17.5 Å². The molecule has 204 valence electrons. The van der Waals surface area contributed by atoms with Gasteiger partial charge in [-0.1, -0.05) is 55.8 Å². The molecule has 1 aromatic carbocycles. The Kier molecular flexibility index (Phi) is 12.5. The van der Waals surface area contributed by atoms with E-state index in [9.17, 15) is 4.79 Å². The minimum Gasteiger partial charge on any atom is -0.385 e. The highest BCUT2D eigenvalue weighted by Gasteiger charge is 2.43. The van der Waals surface area contributed by atoms with Crippen LogP contribution in [0.3, 0.4) is 0 Å². The molecule has 0 unspecified atom stereocenters. The molecular weight excluding hydrogens is 472 g/mol. The number of carbonyl (C=O) groups excluding carboxylic acids is 1. The fourth-order valence-electron chi connectivity index (χ4n) is 6.74. The molecule has 1 amide bonds. The standard InChI is InChI=1S/C30H49ClN2O3/c1-32-22-25(19-24-11-5-4-6-12-24)20-29(34)33-17-10-14-27(23-33)30(36-3,16-7-8-18-35-2)26-13-9-15-28(31)21-26/h9,13,15,21,24-25,27,32H,4-8,10-12,14,16-20,22-23H2,1-3H3/t25-,27-,30-/m1/s1. The van der Waals surface area contributed by atoms with Crippen molar-refractivity contribution in [2.45, 2.75) is 82.7 Å². The summed E-state index contributed by atoms with van der Waals surface area (Å²) >= 11 is 6.43. The molecule has 36 heavy (non-hydrogen) atoms. The van der Waals surface area contributed by atoms with Crippen LogP contribution < -0.4 is 5.32 Å². The molecule has 1 aromatic rings. The number of benzene rings is 1. The van der Waals surface area contributed by atoms with Gasteiger partial charge in [-0.3, -0.25) is 4.79 Å². The Morgan fingerprint density at radius 2 is 1.97 bits per heavy atom. The first-order valence-electron chi connectivity index (χ1n) is 14.2. The number of hydrogen-bond acceptors (Lipinski definition) is 4. The Bertz CT molecular complexity index is 785. The third-order valence-electron chi connectivity index (χ3n) is 8.61. The maximum absolute atomic E-state index is 13.6.